The van der Waals surface area contributed by atoms with Crippen LogP contribution in [-0.2, 0) is 26.0 Å². The van der Waals surface area contributed by atoms with Crippen molar-refractivity contribution in [1.29, 1.82) is 0 Å². The van der Waals surface area contributed by atoms with Crippen LogP contribution in [0, 0.1) is 6.92 Å². The predicted molar refractivity (Wildman–Crippen MR) is 122 cm³/mol. The lowest BCUT2D eigenvalue weighted by Gasteiger charge is -2.26. The lowest BCUT2D eigenvalue weighted by Crippen LogP contribution is -2.40. The van der Waals surface area contributed by atoms with E-state index in [1.54, 1.807) is 6.92 Å². The molecule has 0 radical (unpaired) electrons. The number of nitrogens with zero attached hydrogens (tertiary/aromatic N) is 2. The van der Waals surface area contributed by atoms with Gasteiger partial charge in [-0.1, -0.05) is 18.2 Å². The van der Waals surface area contributed by atoms with Crippen molar-refractivity contribution in [1.82, 2.24) is 9.29 Å². The number of ether oxygens (including phenoxy) is 2. The van der Waals surface area contributed by atoms with Crippen LogP contribution >= 0.6 is 0 Å². The maximum Gasteiger partial charge on any atom is 0.243 e. The average molecular weight is 472 g/mol. The number of sulfonamides is 1. The van der Waals surface area contributed by atoms with Crippen molar-refractivity contribution in [2.24, 2.45) is 0 Å². The minimum Gasteiger partial charge on any atom is -0.495 e. The van der Waals surface area contributed by atoms with E-state index in [0.29, 0.717) is 36.3 Å². The van der Waals surface area contributed by atoms with Crippen molar-refractivity contribution >= 4 is 21.6 Å². The van der Waals surface area contributed by atoms with E-state index in [9.17, 15) is 13.2 Å². The maximum absolute atomic E-state index is 13.0. The average Bonchev–Trinajstić information content (AvgIpc) is 3.20. The van der Waals surface area contributed by atoms with Crippen LogP contribution in [-0.4, -0.2) is 57.0 Å². The second-order valence-electron chi connectivity index (χ2n) is 7.49. The first-order valence-electron chi connectivity index (χ1n) is 10.5. The number of methoxy groups -OCH3 is 1. The number of aryl methyl sites for hydroxylation is 1. The van der Waals surface area contributed by atoms with Crippen LogP contribution in [0.3, 0.4) is 0 Å². The molecule has 33 heavy (non-hydrogen) atoms. The van der Waals surface area contributed by atoms with E-state index in [-0.39, 0.29) is 36.0 Å². The zero-order chi connectivity index (χ0) is 23.4. The highest BCUT2D eigenvalue weighted by molar-refractivity contribution is 7.89. The first-order chi connectivity index (χ1) is 15.9. The van der Waals surface area contributed by atoms with E-state index in [0.717, 1.165) is 5.56 Å². The smallest absolute Gasteiger partial charge is 0.243 e. The van der Waals surface area contributed by atoms with Gasteiger partial charge in [-0.15, -0.1) is 0 Å². The van der Waals surface area contributed by atoms with E-state index < -0.39 is 10.0 Å². The predicted octanol–water partition coefficient (Wildman–Crippen LogP) is 2.86. The number of carbonyl (C=O) groups excluding carboxylic acids is 1. The highest BCUT2D eigenvalue weighted by Crippen LogP contribution is 2.30. The molecule has 2 aromatic carbocycles. The van der Waals surface area contributed by atoms with E-state index in [1.165, 1.54) is 29.6 Å². The summed E-state index contributed by atoms with van der Waals surface area (Å²) in [5.74, 6) is 0.961. The molecule has 4 rings (SSSR count). The quantitative estimate of drug-likeness (QED) is 0.564. The molecule has 0 saturated carbocycles. The first kappa shape index (κ1) is 23.0. The van der Waals surface area contributed by atoms with E-state index in [1.807, 2.05) is 30.3 Å². The summed E-state index contributed by atoms with van der Waals surface area (Å²) in [6.07, 6.45) is -0.0359. The van der Waals surface area contributed by atoms with Gasteiger partial charge in [0.1, 0.15) is 11.5 Å². The maximum atomic E-state index is 13.0. The topological polar surface area (TPSA) is 111 Å². The number of hydrogen-bond donors (Lipinski definition) is 1. The van der Waals surface area contributed by atoms with Crippen LogP contribution in [0.5, 0.6) is 5.75 Å². The number of anilines is 1. The molecule has 10 heteroatoms. The Morgan fingerprint density at radius 1 is 1.15 bits per heavy atom. The highest BCUT2D eigenvalue weighted by Gasteiger charge is 2.27. The van der Waals surface area contributed by atoms with Gasteiger partial charge in [-0.25, -0.2) is 13.4 Å². The Morgan fingerprint density at radius 2 is 1.88 bits per heavy atom. The number of amides is 1. The third-order valence-electron chi connectivity index (χ3n) is 5.29. The standard InChI is InChI=1S/C23H25N3O6S/c1-16-19(25-23(32-16)17-6-4-3-5-7-17)15-22(27)24-20-14-18(8-9-21(20)30-2)33(28,29)26-10-12-31-13-11-26/h3-9,14H,10-13,15H2,1-2H3,(H,24,27). The van der Waals surface area contributed by atoms with E-state index >= 15 is 0 Å². The number of nitrogens with one attached hydrogen (secondary N) is 1. The molecular weight excluding hydrogens is 446 g/mol. The molecule has 1 fully saturated rings. The van der Waals surface area contributed by atoms with Crippen LogP contribution in [0.25, 0.3) is 11.5 Å². The summed E-state index contributed by atoms with van der Waals surface area (Å²) < 4.78 is 43.6. The molecule has 9 nitrogen and oxygen atoms in total. The van der Waals surface area contributed by atoms with Gasteiger partial charge in [0.05, 0.1) is 43.0 Å². The Balaban J connectivity index is 1.53. The molecule has 1 aliphatic rings. The summed E-state index contributed by atoms with van der Waals surface area (Å²) >= 11 is 0. The van der Waals surface area contributed by atoms with Crippen molar-refractivity contribution in [3.63, 3.8) is 0 Å². The van der Waals surface area contributed by atoms with Crippen LogP contribution in [0.1, 0.15) is 11.5 Å². The fraction of sp³-hybridized carbons (Fsp3) is 0.304. The number of benzene rings is 2. The summed E-state index contributed by atoms with van der Waals surface area (Å²) in [5.41, 5.74) is 1.58. The molecule has 1 aromatic heterocycles. The van der Waals surface area contributed by atoms with Crippen molar-refractivity contribution in [2.75, 3.05) is 38.7 Å². The number of carbonyl (C=O) groups is 1. The first-order valence-corrected chi connectivity index (χ1v) is 11.9. The van der Waals surface area contributed by atoms with Crippen LogP contribution in [0.4, 0.5) is 5.69 Å². The lowest BCUT2D eigenvalue weighted by atomic mass is 10.2. The lowest BCUT2D eigenvalue weighted by molar-refractivity contribution is -0.115. The third kappa shape index (κ3) is 5.08. The van der Waals surface area contributed by atoms with Crippen molar-refractivity contribution < 1.29 is 27.1 Å². The fourth-order valence-corrected chi connectivity index (χ4v) is 4.96. The molecule has 0 bridgehead atoms. The third-order valence-corrected chi connectivity index (χ3v) is 7.19. The molecule has 1 N–H and O–H groups in total. The number of oxazole rings is 1. The zero-order valence-electron chi connectivity index (χ0n) is 18.4. The summed E-state index contributed by atoms with van der Waals surface area (Å²) in [5, 5.41) is 2.75. The Labute approximate surface area is 192 Å². The molecule has 0 unspecified atom stereocenters. The Bertz CT molecular complexity index is 1230. The van der Waals surface area contributed by atoms with Gasteiger partial charge in [-0.3, -0.25) is 4.79 Å². The van der Waals surface area contributed by atoms with E-state index in [4.69, 9.17) is 13.9 Å². The number of morpholine rings is 1. The monoisotopic (exact) mass is 471 g/mol. The number of rotatable bonds is 7. The minimum absolute atomic E-state index is 0.0359. The Morgan fingerprint density at radius 3 is 2.58 bits per heavy atom. The van der Waals surface area contributed by atoms with Gasteiger partial charge < -0.3 is 19.2 Å². The Kier molecular flexibility index (Phi) is 6.77. The van der Waals surface area contributed by atoms with Gasteiger partial charge in [0, 0.05) is 18.7 Å². The number of hydrogen-bond acceptors (Lipinski definition) is 7. The largest absolute Gasteiger partial charge is 0.495 e. The van der Waals surface area contributed by atoms with Crippen LogP contribution in [0.2, 0.25) is 0 Å². The van der Waals surface area contributed by atoms with E-state index in [2.05, 4.69) is 10.3 Å². The fourth-order valence-electron chi connectivity index (χ4n) is 3.52. The second-order valence-corrected chi connectivity index (χ2v) is 9.43. The van der Waals surface area contributed by atoms with Gasteiger partial charge in [0.25, 0.3) is 0 Å². The van der Waals surface area contributed by atoms with Gasteiger partial charge in [0.15, 0.2) is 0 Å². The second kappa shape index (κ2) is 9.74. The number of aromatic nitrogens is 1. The zero-order valence-corrected chi connectivity index (χ0v) is 19.2. The van der Waals surface area contributed by atoms with Crippen molar-refractivity contribution in [2.45, 2.75) is 18.2 Å². The minimum atomic E-state index is -3.72. The normalized spacial score (nSPS) is 14.7. The van der Waals surface area contributed by atoms with Crippen molar-refractivity contribution in [3.8, 4) is 17.2 Å². The summed E-state index contributed by atoms with van der Waals surface area (Å²) in [6, 6.07) is 13.8. The molecule has 2 heterocycles. The summed E-state index contributed by atoms with van der Waals surface area (Å²) in [6.45, 7) is 3.01. The highest BCUT2D eigenvalue weighted by atomic mass is 32.2. The van der Waals surface area contributed by atoms with Gasteiger partial charge >= 0.3 is 0 Å². The summed E-state index contributed by atoms with van der Waals surface area (Å²) in [4.78, 5) is 17.3. The summed E-state index contributed by atoms with van der Waals surface area (Å²) in [7, 11) is -2.27. The van der Waals surface area contributed by atoms with Crippen LogP contribution < -0.4 is 10.1 Å². The van der Waals surface area contributed by atoms with Gasteiger partial charge in [-0.05, 0) is 37.3 Å². The SMILES string of the molecule is COc1ccc(S(=O)(=O)N2CCOCC2)cc1NC(=O)Cc1nc(-c2ccccc2)oc1C. The van der Waals surface area contributed by atoms with Gasteiger partial charge in [0.2, 0.25) is 21.8 Å². The molecule has 0 aliphatic carbocycles. The molecule has 1 saturated heterocycles. The van der Waals surface area contributed by atoms with Gasteiger partial charge in [-0.2, -0.15) is 4.31 Å². The molecule has 1 amide bonds. The van der Waals surface area contributed by atoms with Crippen molar-refractivity contribution in [3.05, 3.63) is 60.0 Å². The molecule has 174 valence electrons. The molecule has 1 aliphatic heterocycles. The Hall–Kier alpha value is -3.21. The molecule has 0 atom stereocenters. The molecule has 0 spiro atoms. The van der Waals surface area contributed by atoms with Crippen LogP contribution in [0.15, 0.2) is 57.8 Å². The molecule has 3 aromatic rings. The molecular formula is C23H25N3O6S.